The number of rotatable bonds is 0. The molecular formula is C7H8O2. The Bertz CT molecular complexity index is 186. The van der Waals surface area contributed by atoms with Crippen LogP contribution >= 0.6 is 0 Å². The summed E-state index contributed by atoms with van der Waals surface area (Å²) in [4.78, 5) is 0. The van der Waals surface area contributed by atoms with E-state index in [2.05, 4.69) is 5.92 Å². The van der Waals surface area contributed by atoms with E-state index in [4.69, 9.17) is 16.3 Å². The topological polar surface area (TPSA) is 29.5 Å². The van der Waals surface area contributed by atoms with Crippen molar-refractivity contribution >= 4 is 0 Å². The molecule has 0 saturated carbocycles. The van der Waals surface area contributed by atoms with Crippen molar-refractivity contribution in [2.24, 2.45) is 0 Å². The van der Waals surface area contributed by atoms with E-state index < -0.39 is 0 Å². The van der Waals surface area contributed by atoms with Crippen LogP contribution in [-0.2, 0) is 4.74 Å². The van der Waals surface area contributed by atoms with Gasteiger partial charge in [0, 0.05) is 0 Å². The van der Waals surface area contributed by atoms with Gasteiger partial charge in [-0.05, 0) is 6.92 Å². The van der Waals surface area contributed by atoms with Crippen molar-refractivity contribution in [1.82, 2.24) is 0 Å². The third-order valence-electron chi connectivity index (χ3n) is 1.34. The second-order valence-corrected chi connectivity index (χ2v) is 1.96. The molecule has 0 spiro atoms. The number of aliphatic hydroxyl groups excluding tert-OH is 1. The van der Waals surface area contributed by atoms with E-state index in [1.165, 1.54) is 0 Å². The minimum Gasteiger partial charge on any atom is -0.509 e. The summed E-state index contributed by atoms with van der Waals surface area (Å²) in [6.45, 7) is 2.08. The van der Waals surface area contributed by atoms with Gasteiger partial charge < -0.3 is 9.84 Å². The number of terminal acetylenes is 1. The molecule has 0 saturated heterocycles. The Hall–Kier alpha value is -0.940. The Labute approximate surface area is 54.1 Å². The quantitative estimate of drug-likeness (QED) is 0.485. The summed E-state index contributed by atoms with van der Waals surface area (Å²) < 4.78 is 5.00. The molecule has 1 heterocycles. The van der Waals surface area contributed by atoms with Crippen LogP contribution in [0.1, 0.15) is 6.92 Å². The SMILES string of the molecule is C#CC1=C(O)COC1C. The molecule has 0 radical (unpaired) electrons. The maximum atomic E-state index is 8.97. The highest BCUT2D eigenvalue weighted by molar-refractivity contribution is 5.34. The van der Waals surface area contributed by atoms with E-state index in [9.17, 15) is 0 Å². The van der Waals surface area contributed by atoms with Crippen LogP contribution in [0.25, 0.3) is 0 Å². The van der Waals surface area contributed by atoms with E-state index >= 15 is 0 Å². The fraction of sp³-hybridized carbons (Fsp3) is 0.429. The normalized spacial score (nSPS) is 26.4. The van der Waals surface area contributed by atoms with Gasteiger partial charge in [0.1, 0.15) is 12.4 Å². The Morgan fingerprint density at radius 2 is 2.56 bits per heavy atom. The van der Waals surface area contributed by atoms with Gasteiger partial charge in [-0.2, -0.15) is 0 Å². The fourth-order valence-corrected chi connectivity index (χ4v) is 0.800. The average molecular weight is 124 g/mol. The number of hydrogen-bond acceptors (Lipinski definition) is 2. The van der Waals surface area contributed by atoms with Gasteiger partial charge in [0.05, 0.1) is 11.7 Å². The minimum absolute atomic E-state index is 0.102. The predicted octanol–water partition coefficient (Wildman–Crippen LogP) is 0.850. The molecular weight excluding hydrogens is 116 g/mol. The zero-order chi connectivity index (χ0) is 6.85. The van der Waals surface area contributed by atoms with Crippen molar-refractivity contribution in [3.8, 4) is 12.3 Å². The summed E-state index contributed by atoms with van der Waals surface area (Å²) in [6.07, 6.45) is 4.96. The monoisotopic (exact) mass is 124 g/mol. The molecule has 1 aliphatic heterocycles. The Morgan fingerprint density at radius 1 is 1.89 bits per heavy atom. The lowest BCUT2D eigenvalue weighted by molar-refractivity contribution is 0.122. The second-order valence-electron chi connectivity index (χ2n) is 1.96. The van der Waals surface area contributed by atoms with Gasteiger partial charge in [-0.15, -0.1) is 6.42 Å². The van der Waals surface area contributed by atoms with Crippen LogP contribution in [0.2, 0.25) is 0 Å². The standard InChI is InChI=1S/C7H8O2/c1-3-6-5(2)9-4-7(6)8/h1,5,8H,4H2,2H3. The van der Waals surface area contributed by atoms with E-state index in [1.807, 2.05) is 6.92 Å². The lowest BCUT2D eigenvalue weighted by Gasteiger charge is -1.98. The molecule has 2 nitrogen and oxygen atoms in total. The van der Waals surface area contributed by atoms with Gasteiger partial charge in [0.25, 0.3) is 0 Å². The maximum Gasteiger partial charge on any atom is 0.132 e. The van der Waals surface area contributed by atoms with Crippen molar-refractivity contribution in [1.29, 1.82) is 0 Å². The largest absolute Gasteiger partial charge is 0.509 e. The van der Waals surface area contributed by atoms with Crippen LogP contribution in [-0.4, -0.2) is 17.8 Å². The number of hydrogen-bond donors (Lipinski definition) is 1. The molecule has 0 aromatic carbocycles. The van der Waals surface area contributed by atoms with Crippen LogP contribution in [0.4, 0.5) is 0 Å². The molecule has 1 N–H and O–H groups in total. The third-order valence-corrected chi connectivity index (χ3v) is 1.34. The highest BCUT2D eigenvalue weighted by Crippen LogP contribution is 2.17. The maximum absolute atomic E-state index is 8.97. The van der Waals surface area contributed by atoms with Gasteiger partial charge in [-0.1, -0.05) is 5.92 Å². The molecule has 0 bridgehead atoms. The second kappa shape index (κ2) is 2.12. The molecule has 0 aromatic heterocycles. The highest BCUT2D eigenvalue weighted by Gasteiger charge is 2.19. The molecule has 1 atom stereocenters. The first kappa shape index (κ1) is 6.18. The molecule has 1 unspecified atom stereocenters. The summed E-state index contributed by atoms with van der Waals surface area (Å²) in [5.41, 5.74) is 0.579. The molecule has 1 aliphatic rings. The zero-order valence-corrected chi connectivity index (χ0v) is 5.22. The van der Waals surface area contributed by atoms with Crippen LogP contribution < -0.4 is 0 Å². The molecule has 0 aliphatic carbocycles. The van der Waals surface area contributed by atoms with Crippen LogP contribution in [0, 0.1) is 12.3 Å². The Morgan fingerprint density at radius 3 is 2.78 bits per heavy atom. The lowest BCUT2D eigenvalue weighted by Crippen LogP contribution is -2.01. The van der Waals surface area contributed by atoms with Crippen molar-refractivity contribution in [3.05, 3.63) is 11.3 Å². The van der Waals surface area contributed by atoms with Crippen LogP contribution in [0.3, 0.4) is 0 Å². The van der Waals surface area contributed by atoms with E-state index in [1.54, 1.807) is 0 Å². The van der Waals surface area contributed by atoms with Gasteiger partial charge in [0.15, 0.2) is 0 Å². The first-order valence-electron chi connectivity index (χ1n) is 2.76. The third kappa shape index (κ3) is 0.914. The first-order valence-corrected chi connectivity index (χ1v) is 2.76. The van der Waals surface area contributed by atoms with Gasteiger partial charge >= 0.3 is 0 Å². The molecule has 0 fully saturated rings. The average Bonchev–Trinajstić information content (AvgIpc) is 2.12. The van der Waals surface area contributed by atoms with Gasteiger partial charge in [-0.3, -0.25) is 0 Å². The molecule has 0 amide bonds. The summed E-state index contributed by atoms with van der Waals surface area (Å²) in [5, 5.41) is 8.97. The summed E-state index contributed by atoms with van der Waals surface area (Å²) in [6, 6.07) is 0. The minimum atomic E-state index is -0.102. The Balaban J connectivity index is 2.85. The van der Waals surface area contributed by atoms with Crippen LogP contribution in [0.15, 0.2) is 11.3 Å². The van der Waals surface area contributed by atoms with E-state index in [0.29, 0.717) is 5.57 Å². The number of aliphatic hydroxyl groups is 1. The summed E-state index contributed by atoms with van der Waals surface area (Å²) in [5.74, 6) is 2.57. The summed E-state index contributed by atoms with van der Waals surface area (Å²) >= 11 is 0. The fourth-order valence-electron chi connectivity index (χ4n) is 0.800. The van der Waals surface area contributed by atoms with E-state index in [-0.39, 0.29) is 18.5 Å². The van der Waals surface area contributed by atoms with E-state index in [0.717, 1.165) is 0 Å². The zero-order valence-electron chi connectivity index (χ0n) is 5.22. The molecule has 2 heteroatoms. The molecule has 48 valence electrons. The van der Waals surface area contributed by atoms with Gasteiger partial charge in [0.2, 0.25) is 0 Å². The smallest absolute Gasteiger partial charge is 0.132 e. The molecule has 1 rings (SSSR count). The predicted molar refractivity (Wildman–Crippen MR) is 33.9 cm³/mol. The summed E-state index contributed by atoms with van der Waals surface area (Å²) in [7, 11) is 0. The number of ether oxygens (including phenoxy) is 1. The van der Waals surface area contributed by atoms with Crippen LogP contribution in [0.5, 0.6) is 0 Å². The first-order chi connectivity index (χ1) is 4.25. The highest BCUT2D eigenvalue weighted by atomic mass is 16.5. The van der Waals surface area contributed by atoms with Gasteiger partial charge in [-0.25, -0.2) is 0 Å². The van der Waals surface area contributed by atoms with Crippen molar-refractivity contribution in [2.45, 2.75) is 13.0 Å². The van der Waals surface area contributed by atoms with Crippen molar-refractivity contribution in [3.63, 3.8) is 0 Å². The Kier molecular flexibility index (Phi) is 1.46. The van der Waals surface area contributed by atoms with Crippen molar-refractivity contribution < 1.29 is 9.84 Å². The molecule has 0 aromatic rings. The molecule has 9 heavy (non-hydrogen) atoms. The lowest BCUT2D eigenvalue weighted by atomic mass is 10.2. The van der Waals surface area contributed by atoms with Crippen molar-refractivity contribution in [2.75, 3.05) is 6.61 Å².